The average molecular weight is 381 g/mol. The summed E-state index contributed by atoms with van der Waals surface area (Å²) in [6.45, 7) is 8.26. The predicted octanol–water partition coefficient (Wildman–Crippen LogP) is 5.28. The van der Waals surface area contributed by atoms with Crippen LogP contribution in [0.3, 0.4) is 0 Å². The minimum Gasteiger partial charge on any atom is -0.497 e. The van der Waals surface area contributed by atoms with Crippen LogP contribution in [0.4, 0.5) is 0 Å². The number of ether oxygens (including phenoxy) is 2. The third-order valence-electron chi connectivity index (χ3n) is 4.99. The van der Waals surface area contributed by atoms with E-state index in [2.05, 4.69) is 30.5 Å². The molecule has 0 amide bonds. The first-order chi connectivity index (χ1) is 13.3. The van der Waals surface area contributed by atoms with Crippen molar-refractivity contribution in [2.24, 2.45) is 0 Å². The summed E-state index contributed by atoms with van der Waals surface area (Å²) in [7, 11) is 1.66. The van der Waals surface area contributed by atoms with E-state index >= 15 is 0 Å². The minimum atomic E-state index is -1.29. The SMILES string of the molecule is CCCn1c(-c2ccc(OC)cc2)c(C)c2cc(OC(C)(C)C(=O)O)ccc21. The lowest BCUT2D eigenvalue weighted by atomic mass is 10.1. The van der Waals surface area contributed by atoms with E-state index in [1.54, 1.807) is 21.0 Å². The van der Waals surface area contributed by atoms with Crippen molar-refractivity contribution in [3.63, 3.8) is 0 Å². The highest BCUT2D eigenvalue weighted by molar-refractivity contribution is 5.92. The molecule has 0 spiro atoms. The van der Waals surface area contributed by atoms with Crippen LogP contribution in [0.1, 0.15) is 32.8 Å². The fourth-order valence-electron chi connectivity index (χ4n) is 3.48. The molecule has 148 valence electrons. The number of aromatic nitrogens is 1. The van der Waals surface area contributed by atoms with Crippen molar-refractivity contribution in [2.75, 3.05) is 7.11 Å². The summed E-state index contributed by atoms with van der Waals surface area (Å²) in [4.78, 5) is 11.4. The van der Waals surface area contributed by atoms with Crippen molar-refractivity contribution in [1.29, 1.82) is 0 Å². The van der Waals surface area contributed by atoms with Gasteiger partial charge in [0.25, 0.3) is 0 Å². The maximum atomic E-state index is 11.4. The van der Waals surface area contributed by atoms with E-state index in [1.807, 2.05) is 30.3 Å². The first-order valence-electron chi connectivity index (χ1n) is 9.48. The fraction of sp³-hybridized carbons (Fsp3) is 0.348. The molecule has 28 heavy (non-hydrogen) atoms. The van der Waals surface area contributed by atoms with Gasteiger partial charge < -0.3 is 19.1 Å². The van der Waals surface area contributed by atoms with Crippen molar-refractivity contribution < 1.29 is 19.4 Å². The Morgan fingerprint density at radius 2 is 1.75 bits per heavy atom. The Balaban J connectivity index is 2.14. The van der Waals surface area contributed by atoms with Crippen LogP contribution >= 0.6 is 0 Å². The summed E-state index contributed by atoms with van der Waals surface area (Å²) < 4.78 is 13.3. The zero-order valence-electron chi connectivity index (χ0n) is 17.1. The van der Waals surface area contributed by atoms with Crippen molar-refractivity contribution in [2.45, 2.75) is 46.3 Å². The third-order valence-corrected chi connectivity index (χ3v) is 4.99. The molecule has 0 atom stereocenters. The normalized spacial score (nSPS) is 11.6. The zero-order chi connectivity index (χ0) is 20.5. The van der Waals surface area contributed by atoms with Gasteiger partial charge in [-0.25, -0.2) is 4.79 Å². The first-order valence-corrected chi connectivity index (χ1v) is 9.48. The standard InChI is InChI=1S/C23H27NO4/c1-6-13-24-20-12-11-18(28-23(3,4)22(25)26)14-19(20)15(2)21(24)16-7-9-17(27-5)10-8-16/h7-12,14H,6,13H2,1-5H3,(H,25,26). The molecule has 0 aliphatic heterocycles. The Morgan fingerprint density at radius 3 is 2.32 bits per heavy atom. The highest BCUT2D eigenvalue weighted by atomic mass is 16.5. The average Bonchev–Trinajstić information content (AvgIpc) is 2.93. The fourth-order valence-corrected chi connectivity index (χ4v) is 3.48. The summed E-state index contributed by atoms with van der Waals surface area (Å²) in [6, 6.07) is 13.9. The van der Waals surface area contributed by atoms with Gasteiger partial charge in [0.05, 0.1) is 12.8 Å². The molecule has 2 aromatic carbocycles. The Labute approximate surface area is 165 Å². The molecule has 0 saturated heterocycles. The maximum absolute atomic E-state index is 11.4. The second kappa shape index (κ2) is 7.58. The Kier molecular flexibility index (Phi) is 5.36. The molecule has 0 unspecified atom stereocenters. The molecule has 1 N–H and O–H groups in total. The Morgan fingerprint density at radius 1 is 1.11 bits per heavy atom. The lowest BCUT2D eigenvalue weighted by Gasteiger charge is -2.21. The number of carboxylic acid groups (broad SMARTS) is 1. The monoisotopic (exact) mass is 381 g/mol. The largest absolute Gasteiger partial charge is 0.497 e. The smallest absolute Gasteiger partial charge is 0.347 e. The molecule has 0 radical (unpaired) electrons. The quantitative estimate of drug-likeness (QED) is 0.605. The van der Waals surface area contributed by atoms with Crippen LogP contribution < -0.4 is 9.47 Å². The van der Waals surface area contributed by atoms with Gasteiger partial charge in [-0.3, -0.25) is 0 Å². The number of hydrogen-bond donors (Lipinski definition) is 1. The molecular formula is C23H27NO4. The Hall–Kier alpha value is -2.95. The molecular weight excluding hydrogens is 354 g/mol. The minimum absolute atomic E-state index is 0.554. The number of carbonyl (C=O) groups is 1. The third kappa shape index (κ3) is 3.57. The number of aryl methyl sites for hydroxylation is 2. The van der Waals surface area contributed by atoms with Gasteiger partial charge in [-0.05, 0) is 80.8 Å². The number of hydrogen-bond acceptors (Lipinski definition) is 3. The van der Waals surface area contributed by atoms with Gasteiger partial charge in [0.2, 0.25) is 0 Å². The lowest BCUT2D eigenvalue weighted by Crippen LogP contribution is -2.37. The second-order valence-corrected chi connectivity index (χ2v) is 7.45. The summed E-state index contributed by atoms with van der Waals surface area (Å²) in [6.07, 6.45) is 1.01. The van der Waals surface area contributed by atoms with Gasteiger partial charge in [0, 0.05) is 17.4 Å². The molecule has 5 heteroatoms. The number of methoxy groups -OCH3 is 1. The van der Waals surface area contributed by atoms with E-state index in [0.717, 1.165) is 46.4 Å². The van der Waals surface area contributed by atoms with Crippen molar-refractivity contribution in [3.8, 4) is 22.8 Å². The van der Waals surface area contributed by atoms with Gasteiger partial charge in [0.1, 0.15) is 11.5 Å². The van der Waals surface area contributed by atoms with Crippen molar-refractivity contribution in [1.82, 2.24) is 4.57 Å². The van der Waals surface area contributed by atoms with Gasteiger partial charge in [-0.15, -0.1) is 0 Å². The van der Waals surface area contributed by atoms with Gasteiger partial charge in [0.15, 0.2) is 5.60 Å². The molecule has 0 bridgehead atoms. The molecule has 0 aliphatic carbocycles. The predicted molar refractivity (Wildman–Crippen MR) is 111 cm³/mol. The van der Waals surface area contributed by atoms with Crippen molar-refractivity contribution in [3.05, 3.63) is 48.0 Å². The van der Waals surface area contributed by atoms with Crippen LogP contribution in [-0.2, 0) is 11.3 Å². The number of rotatable bonds is 7. The molecule has 3 rings (SSSR count). The summed E-state index contributed by atoms with van der Waals surface area (Å²) in [5, 5.41) is 10.4. The van der Waals surface area contributed by atoms with Gasteiger partial charge in [-0.2, -0.15) is 0 Å². The molecule has 5 nitrogen and oxygen atoms in total. The van der Waals surface area contributed by atoms with Gasteiger partial charge in [-0.1, -0.05) is 6.92 Å². The summed E-state index contributed by atoms with van der Waals surface area (Å²) in [5.74, 6) is 0.385. The highest BCUT2D eigenvalue weighted by Crippen LogP contribution is 2.36. The van der Waals surface area contributed by atoms with E-state index in [-0.39, 0.29) is 0 Å². The van der Waals surface area contributed by atoms with Crippen LogP contribution in [0.2, 0.25) is 0 Å². The van der Waals surface area contributed by atoms with Crippen LogP contribution in [0.25, 0.3) is 22.2 Å². The van der Waals surface area contributed by atoms with E-state index in [4.69, 9.17) is 9.47 Å². The first kappa shape index (κ1) is 19.8. The number of nitrogens with zero attached hydrogens (tertiary/aromatic N) is 1. The van der Waals surface area contributed by atoms with Crippen LogP contribution in [0.5, 0.6) is 11.5 Å². The second-order valence-electron chi connectivity index (χ2n) is 7.45. The molecule has 0 aliphatic rings. The Bertz CT molecular complexity index is 1000. The summed E-state index contributed by atoms with van der Waals surface area (Å²) >= 11 is 0. The highest BCUT2D eigenvalue weighted by Gasteiger charge is 2.29. The van der Waals surface area contributed by atoms with Gasteiger partial charge >= 0.3 is 5.97 Å². The molecule has 1 aromatic heterocycles. The van der Waals surface area contributed by atoms with E-state index < -0.39 is 11.6 Å². The molecule has 3 aromatic rings. The van der Waals surface area contributed by atoms with Crippen LogP contribution in [-0.4, -0.2) is 28.4 Å². The lowest BCUT2D eigenvalue weighted by molar-refractivity contribution is -0.152. The number of benzene rings is 2. The van der Waals surface area contributed by atoms with E-state index in [9.17, 15) is 9.90 Å². The number of fused-ring (bicyclic) bond motifs is 1. The van der Waals surface area contributed by atoms with Crippen LogP contribution in [0, 0.1) is 6.92 Å². The topological polar surface area (TPSA) is 60.7 Å². The molecule has 0 saturated carbocycles. The van der Waals surface area contributed by atoms with Crippen LogP contribution in [0.15, 0.2) is 42.5 Å². The molecule has 1 heterocycles. The molecule has 0 fully saturated rings. The summed E-state index contributed by atoms with van der Waals surface area (Å²) in [5.41, 5.74) is 3.26. The van der Waals surface area contributed by atoms with E-state index in [0.29, 0.717) is 5.75 Å². The van der Waals surface area contributed by atoms with Crippen molar-refractivity contribution >= 4 is 16.9 Å². The number of aliphatic carboxylic acids is 1. The number of carboxylic acids is 1. The zero-order valence-corrected chi connectivity index (χ0v) is 17.1. The van der Waals surface area contributed by atoms with E-state index in [1.165, 1.54) is 0 Å². The maximum Gasteiger partial charge on any atom is 0.347 e.